The molecular weight excluding hydrogens is 402 g/mol. The highest BCUT2D eigenvalue weighted by molar-refractivity contribution is 5.95. The van der Waals surface area contributed by atoms with Gasteiger partial charge >= 0.3 is 6.18 Å². The molecule has 2 rings (SSSR count). The molecule has 1 N–H and O–H groups in total. The van der Waals surface area contributed by atoms with Crippen LogP contribution in [-0.2, 0) is 22.3 Å². The number of hydrogen-bond donors (Lipinski definition) is 1. The molecule has 0 bridgehead atoms. The van der Waals surface area contributed by atoms with Gasteiger partial charge in [-0.2, -0.15) is 13.2 Å². The zero-order valence-electron chi connectivity index (χ0n) is 16.8. The fourth-order valence-corrected chi connectivity index (χ4v) is 2.89. The summed E-state index contributed by atoms with van der Waals surface area (Å²) in [6, 6.07) is 9.98. The number of carbonyl (C=O) groups is 2. The summed E-state index contributed by atoms with van der Waals surface area (Å²) in [5, 5.41) is 2.21. The highest BCUT2D eigenvalue weighted by atomic mass is 19.4. The second kappa shape index (κ2) is 9.71. The average Bonchev–Trinajstić information content (AvgIpc) is 2.66. The molecule has 0 saturated carbocycles. The number of nitrogens with one attached hydrogen (secondary N) is 1. The van der Waals surface area contributed by atoms with Crippen molar-refractivity contribution in [2.24, 2.45) is 0 Å². The van der Waals surface area contributed by atoms with Crippen molar-refractivity contribution >= 4 is 17.5 Å². The van der Waals surface area contributed by atoms with Crippen molar-refractivity contribution in [3.8, 4) is 0 Å². The van der Waals surface area contributed by atoms with E-state index in [2.05, 4.69) is 5.32 Å². The van der Waals surface area contributed by atoms with Crippen LogP contribution in [0.5, 0.6) is 0 Å². The van der Waals surface area contributed by atoms with Crippen LogP contribution in [0, 0.1) is 5.82 Å². The Morgan fingerprint density at radius 1 is 1.07 bits per heavy atom. The van der Waals surface area contributed by atoms with Crippen LogP contribution in [-0.4, -0.2) is 48.3 Å². The molecule has 162 valence electrons. The van der Waals surface area contributed by atoms with Gasteiger partial charge in [0.2, 0.25) is 11.8 Å². The molecule has 5 nitrogen and oxygen atoms in total. The number of alkyl halides is 3. The second-order valence-corrected chi connectivity index (χ2v) is 7.01. The standard InChI is InChI=1S/C21H23F4N3O2/c1-14(27(2)12-15-7-6-8-16(22)11-15)20(30)28(3)13-19(29)26-18-10-5-4-9-17(18)21(23,24)25/h4-11,14H,12-13H2,1-3H3,(H,26,29)/t14-/m1/s1. The first-order valence-corrected chi connectivity index (χ1v) is 9.14. The number of benzene rings is 2. The van der Waals surface area contributed by atoms with Crippen molar-refractivity contribution in [2.45, 2.75) is 25.7 Å². The molecule has 0 saturated heterocycles. The predicted octanol–water partition coefficient (Wildman–Crippen LogP) is 3.76. The minimum absolute atomic E-state index is 0.309. The first-order valence-electron chi connectivity index (χ1n) is 9.14. The highest BCUT2D eigenvalue weighted by Gasteiger charge is 2.33. The SMILES string of the molecule is C[C@H](C(=O)N(C)CC(=O)Nc1ccccc1C(F)(F)F)N(C)Cc1cccc(F)c1. The quantitative estimate of drug-likeness (QED) is 0.688. The van der Waals surface area contributed by atoms with E-state index >= 15 is 0 Å². The van der Waals surface area contributed by atoms with Gasteiger partial charge in [0.25, 0.3) is 0 Å². The number of likely N-dealkylation sites (N-methyl/N-ethyl adjacent to an activating group) is 2. The largest absolute Gasteiger partial charge is 0.418 e. The van der Waals surface area contributed by atoms with E-state index in [1.54, 1.807) is 31.0 Å². The number of rotatable bonds is 7. The minimum atomic E-state index is -4.61. The number of anilines is 1. The Kier molecular flexibility index (Phi) is 7.55. The van der Waals surface area contributed by atoms with Gasteiger partial charge < -0.3 is 10.2 Å². The van der Waals surface area contributed by atoms with Gasteiger partial charge in [-0.15, -0.1) is 0 Å². The zero-order valence-corrected chi connectivity index (χ0v) is 16.8. The Hall–Kier alpha value is -2.94. The van der Waals surface area contributed by atoms with E-state index in [9.17, 15) is 27.2 Å². The van der Waals surface area contributed by atoms with E-state index in [-0.39, 0.29) is 11.5 Å². The van der Waals surface area contributed by atoms with Gasteiger partial charge in [0.1, 0.15) is 5.82 Å². The monoisotopic (exact) mass is 425 g/mol. The van der Waals surface area contributed by atoms with Crippen molar-refractivity contribution in [3.05, 3.63) is 65.5 Å². The van der Waals surface area contributed by atoms with Crippen molar-refractivity contribution in [2.75, 3.05) is 26.0 Å². The molecule has 0 aromatic heterocycles. The zero-order chi connectivity index (χ0) is 22.5. The third-order valence-corrected chi connectivity index (χ3v) is 4.60. The first-order chi connectivity index (χ1) is 14.0. The lowest BCUT2D eigenvalue weighted by Gasteiger charge is -2.28. The Labute approximate surface area is 172 Å². The summed E-state index contributed by atoms with van der Waals surface area (Å²) in [6.07, 6.45) is -4.61. The molecule has 0 heterocycles. The number of hydrogen-bond acceptors (Lipinski definition) is 3. The molecule has 30 heavy (non-hydrogen) atoms. The lowest BCUT2D eigenvalue weighted by atomic mass is 10.1. The summed E-state index contributed by atoms with van der Waals surface area (Å²) in [6.45, 7) is 1.53. The second-order valence-electron chi connectivity index (χ2n) is 7.01. The molecule has 0 aliphatic heterocycles. The maximum atomic E-state index is 13.3. The van der Waals surface area contributed by atoms with Gasteiger partial charge in [-0.3, -0.25) is 14.5 Å². The fourth-order valence-electron chi connectivity index (χ4n) is 2.89. The molecule has 9 heteroatoms. The Morgan fingerprint density at radius 3 is 2.37 bits per heavy atom. The van der Waals surface area contributed by atoms with Crippen LogP contribution in [0.15, 0.2) is 48.5 Å². The number of halogens is 4. The molecule has 0 spiro atoms. The molecule has 2 aromatic rings. The average molecular weight is 425 g/mol. The minimum Gasteiger partial charge on any atom is -0.335 e. The smallest absolute Gasteiger partial charge is 0.335 e. The molecule has 0 aliphatic rings. The van der Waals surface area contributed by atoms with E-state index in [4.69, 9.17) is 0 Å². The maximum Gasteiger partial charge on any atom is 0.418 e. The van der Waals surface area contributed by atoms with Gasteiger partial charge in [-0.1, -0.05) is 24.3 Å². The molecule has 2 aromatic carbocycles. The van der Waals surface area contributed by atoms with Crippen LogP contribution < -0.4 is 5.32 Å². The predicted molar refractivity (Wildman–Crippen MR) is 105 cm³/mol. The molecule has 0 radical (unpaired) electrons. The van der Waals surface area contributed by atoms with Crippen molar-refractivity contribution in [1.29, 1.82) is 0 Å². The Balaban J connectivity index is 1.97. The number of nitrogens with zero attached hydrogens (tertiary/aromatic N) is 2. The summed E-state index contributed by atoms with van der Waals surface area (Å²) < 4.78 is 52.5. The normalized spacial score (nSPS) is 12.5. The summed E-state index contributed by atoms with van der Waals surface area (Å²) in [7, 11) is 3.07. The molecule has 2 amide bonds. The number of para-hydroxylation sites is 1. The first kappa shape index (κ1) is 23.3. The van der Waals surface area contributed by atoms with Gasteiger partial charge in [0.05, 0.1) is 23.8 Å². The molecule has 0 fully saturated rings. The van der Waals surface area contributed by atoms with Crippen molar-refractivity contribution in [3.63, 3.8) is 0 Å². The van der Waals surface area contributed by atoms with Crippen LogP contribution in [0.25, 0.3) is 0 Å². The van der Waals surface area contributed by atoms with Gasteiger partial charge in [-0.25, -0.2) is 4.39 Å². The van der Waals surface area contributed by atoms with E-state index in [0.29, 0.717) is 12.1 Å². The van der Waals surface area contributed by atoms with Crippen molar-refractivity contribution < 1.29 is 27.2 Å². The van der Waals surface area contributed by atoms with Crippen molar-refractivity contribution in [1.82, 2.24) is 9.80 Å². The third kappa shape index (κ3) is 6.28. The van der Waals surface area contributed by atoms with Gasteiger partial charge in [-0.05, 0) is 43.8 Å². The van der Waals surface area contributed by atoms with E-state index in [1.807, 2.05) is 0 Å². The summed E-state index contributed by atoms with van der Waals surface area (Å²) in [5.41, 5.74) is -0.649. The van der Waals surface area contributed by atoms with Crippen LogP contribution in [0.2, 0.25) is 0 Å². The van der Waals surface area contributed by atoms with E-state index in [1.165, 1.54) is 31.3 Å². The summed E-state index contributed by atoms with van der Waals surface area (Å²) in [5.74, 6) is -1.52. The fraction of sp³-hybridized carbons (Fsp3) is 0.333. The number of carbonyl (C=O) groups excluding carboxylic acids is 2. The molecular formula is C21H23F4N3O2. The highest BCUT2D eigenvalue weighted by Crippen LogP contribution is 2.34. The lowest BCUT2D eigenvalue weighted by molar-refractivity contribution is -0.138. The van der Waals surface area contributed by atoms with E-state index in [0.717, 1.165) is 17.0 Å². The van der Waals surface area contributed by atoms with Crippen LogP contribution in [0.4, 0.5) is 23.2 Å². The molecule has 0 unspecified atom stereocenters. The van der Waals surface area contributed by atoms with Gasteiger partial charge in [0, 0.05) is 13.6 Å². The van der Waals surface area contributed by atoms with E-state index < -0.39 is 36.1 Å². The topological polar surface area (TPSA) is 52.7 Å². The third-order valence-electron chi connectivity index (χ3n) is 4.60. The molecule has 0 aliphatic carbocycles. The lowest BCUT2D eigenvalue weighted by Crippen LogP contribution is -2.46. The molecule has 1 atom stereocenters. The van der Waals surface area contributed by atoms with Crippen LogP contribution in [0.1, 0.15) is 18.1 Å². The summed E-state index contributed by atoms with van der Waals surface area (Å²) >= 11 is 0. The van der Waals surface area contributed by atoms with Gasteiger partial charge in [0.15, 0.2) is 0 Å². The summed E-state index contributed by atoms with van der Waals surface area (Å²) in [4.78, 5) is 27.6. The number of amides is 2. The Morgan fingerprint density at radius 2 is 1.73 bits per heavy atom. The van der Waals surface area contributed by atoms with Crippen LogP contribution >= 0.6 is 0 Å². The maximum absolute atomic E-state index is 13.3. The van der Waals surface area contributed by atoms with Crippen LogP contribution in [0.3, 0.4) is 0 Å². The Bertz CT molecular complexity index is 902.